The molecule has 3 aromatic carbocycles. The minimum absolute atomic E-state index is 0.0308. The number of halogens is 6. The van der Waals surface area contributed by atoms with Crippen molar-refractivity contribution < 1.29 is 19.5 Å². The predicted molar refractivity (Wildman–Crippen MR) is 178 cm³/mol. The fraction of sp³-hybridized carbons (Fsp3) is 0.250. The van der Waals surface area contributed by atoms with Gasteiger partial charge in [-0.1, -0.05) is 83.5 Å². The predicted octanol–water partition coefficient (Wildman–Crippen LogP) is 9.07. The van der Waals surface area contributed by atoms with Crippen LogP contribution in [0.4, 0.5) is 17.1 Å². The molecule has 0 atom stereocenters. The number of anilines is 3. The third-order valence-corrected chi connectivity index (χ3v) is 6.16. The third-order valence-electron chi connectivity index (χ3n) is 4.50. The van der Waals surface area contributed by atoms with E-state index in [9.17, 15) is 14.4 Å². The lowest BCUT2D eigenvalue weighted by Crippen LogP contribution is -2.21. The number of aliphatic carboxylic acids is 1. The van der Waals surface area contributed by atoms with Crippen LogP contribution in [0.5, 0.6) is 0 Å². The molecule has 14 heteroatoms. The average Bonchev–Trinajstić information content (AvgIpc) is 2.91. The van der Waals surface area contributed by atoms with Crippen molar-refractivity contribution in [3.8, 4) is 0 Å². The monoisotopic (exact) mass is 698 g/mol. The molecule has 230 valence electrons. The van der Waals surface area contributed by atoms with Crippen LogP contribution >= 0.6 is 69.6 Å². The second-order valence-corrected chi connectivity index (χ2v) is 10.6. The molecule has 42 heavy (non-hydrogen) atoms. The first-order valence-corrected chi connectivity index (χ1v) is 14.6. The summed E-state index contributed by atoms with van der Waals surface area (Å²) in [6.07, 6.45) is 2.34. The lowest BCUT2D eigenvalue weighted by atomic mass is 10.3. The van der Waals surface area contributed by atoms with Crippen LogP contribution in [-0.2, 0) is 14.4 Å². The molecule has 0 heterocycles. The van der Waals surface area contributed by atoms with Crippen LogP contribution in [0.15, 0.2) is 54.6 Å². The fourth-order valence-electron chi connectivity index (χ4n) is 2.54. The zero-order valence-corrected chi connectivity index (χ0v) is 27.4. The molecule has 0 fully saturated rings. The van der Waals surface area contributed by atoms with E-state index >= 15 is 0 Å². The number of carboxylic acid groups (broad SMARTS) is 1. The highest BCUT2D eigenvalue weighted by Gasteiger charge is 2.05. The molecule has 0 unspecified atom stereocenters. The zero-order valence-electron chi connectivity index (χ0n) is 22.8. The number of carbonyl (C=O) groups excluding carboxylic acids is 2. The second kappa shape index (κ2) is 22.2. The first kappa shape index (κ1) is 39.6. The topological polar surface area (TPSA) is 148 Å². The van der Waals surface area contributed by atoms with E-state index in [0.29, 0.717) is 60.0 Å². The molecule has 0 aliphatic carbocycles. The summed E-state index contributed by atoms with van der Waals surface area (Å²) in [6.45, 7) is 3.72. The third kappa shape index (κ3) is 18.2. The van der Waals surface area contributed by atoms with Gasteiger partial charge in [0.25, 0.3) is 0 Å². The highest BCUT2D eigenvalue weighted by Crippen LogP contribution is 2.26. The molecular formula is C28H32Cl6N4O4. The number of amides is 2. The minimum Gasteiger partial charge on any atom is -0.481 e. The fourth-order valence-corrected chi connectivity index (χ4v) is 3.86. The maximum absolute atomic E-state index is 11.2. The molecule has 0 aliphatic heterocycles. The molecule has 2 amide bonds. The van der Waals surface area contributed by atoms with E-state index in [1.54, 1.807) is 54.6 Å². The van der Waals surface area contributed by atoms with E-state index in [4.69, 9.17) is 86.2 Å². The minimum atomic E-state index is -0.711. The number of carboxylic acids is 1. The Bertz CT molecular complexity index is 1310. The summed E-state index contributed by atoms with van der Waals surface area (Å²) in [5.74, 6) is -1.03. The van der Waals surface area contributed by atoms with E-state index < -0.39 is 5.97 Å². The number of nitrogen functional groups attached to an aromatic ring is 1. The summed E-state index contributed by atoms with van der Waals surface area (Å²) in [6, 6.07) is 14.8. The number of hydrogen-bond donors (Lipinski definition) is 5. The van der Waals surface area contributed by atoms with E-state index in [1.807, 2.05) is 13.8 Å². The van der Waals surface area contributed by atoms with Gasteiger partial charge in [-0.05, 0) is 67.4 Å². The molecule has 3 aromatic rings. The summed E-state index contributed by atoms with van der Waals surface area (Å²) in [4.78, 5) is 31.7. The number of carbonyl (C=O) groups is 3. The van der Waals surface area contributed by atoms with E-state index in [-0.39, 0.29) is 18.4 Å². The van der Waals surface area contributed by atoms with Crippen LogP contribution in [0.2, 0.25) is 30.1 Å². The highest BCUT2D eigenvalue weighted by atomic mass is 35.5. The van der Waals surface area contributed by atoms with Gasteiger partial charge in [-0.25, -0.2) is 0 Å². The number of nitrogens with two attached hydrogens (primary N) is 2. The summed E-state index contributed by atoms with van der Waals surface area (Å²) in [7, 11) is 0. The summed E-state index contributed by atoms with van der Waals surface area (Å²) < 4.78 is 0. The van der Waals surface area contributed by atoms with Gasteiger partial charge >= 0.3 is 5.97 Å². The Labute approximate surface area is 275 Å². The van der Waals surface area contributed by atoms with Crippen LogP contribution < -0.4 is 22.1 Å². The smallest absolute Gasteiger partial charge is 0.303 e. The Morgan fingerprint density at radius 1 is 0.667 bits per heavy atom. The largest absolute Gasteiger partial charge is 0.481 e. The van der Waals surface area contributed by atoms with Crippen LogP contribution in [0.25, 0.3) is 0 Å². The molecule has 0 bridgehead atoms. The number of hydrogen-bond acceptors (Lipinski definition) is 5. The van der Waals surface area contributed by atoms with Crippen molar-refractivity contribution in [2.75, 3.05) is 22.9 Å². The van der Waals surface area contributed by atoms with Crippen molar-refractivity contribution in [1.29, 1.82) is 0 Å². The highest BCUT2D eigenvalue weighted by molar-refractivity contribution is 6.37. The molecule has 0 aliphatic rings. The maximum atomic E-state index is 11.2. The summed E-state index contributed by atoms with van der Waals surface area (Å²) >= 11 is 34.2. The Kier molecular flexibility index (Phi) is 20.9. The Morgan fingerprint density at radius 2 is 1.07 bits per heavy atom. The van der Waals surface area contributed by atoms with Crippen LogP contribution in [0.1, 0.15) is 39.5 Å². The van der Waals surface area contributed by atoms with Gasteiger partial charge < -0.3 is 27.2 Å². The number of nitrogens with one attached hydrogen (secondary N) is 2. The van der Waals surface area contributed by atoms with Crippen LogP contribution in [0, 0.1) is 0 Å². The molecule has 7 N–H and O–H groups in total. The Morgan fingerprint density at radius 3 is 1.38 bits per heavy atom. The molecular weight excluding hydrogens is 669 g/mol. The summed E-state index contributed by atoms with van der Waals surface area (Å²) in [5.41, 5.74) is 12.2. The van der Waals surface area contributed by atoms with Crippen LogP contribution in [0.3, 0.4) is 0 Å². The average molecular weight is 701 g/mol. The van der Waals surface area contributed by atoms with Gasteiger partial charge in [-0.3, -0.25) is 14.4 Å². The molecule has 0 saturated heterocycles. The van der Waals surface area contributed by atoms with Crippen molar-refractivity contribution in [3.63, 3.8) is 0 Å². The Hall–Kier alpha value is -2.43. The maximum Gasteiger partial charge on any atom is 0.303 e. The summed E-state index contributed by atoms with van der Waals surface area (Å²) in [5, 5.41) is 16.2. The molecule has 0 spiro atoms. The van der Waals surface area contributed by atoms with Crippen molar-refractivity contribution in [1.82, 2.24) is 0 Å². The standard InChI is InChI=1S/C10H11Cl2NO.C8H8Cl2N2O.C6H5Cl2N.C4H8O2/c1-2-3-10(14)13-9-5-4-7(11)6-8(9)12;9-5-1-2-7(6(10)3-5)12-8(13)4-11;7-4-1-2-6(9)5(8)3-4;1-2-3-4(5)6/h4-6H,2-3H2,1H3,(H,13,14);1-3H,4,11H2,(H,12,13);1-3H,9H2;2-3H2,1H3,(H,5,6). The number of benzene rings is 3. The van der Waals surface area contributed by atoms with Gasteiger partial charge in [0, 0.05) is 27.9 Å². The first-order valence-electron chi connectivity index (χ1n) is 12.4. The van der Waals surface area contributed by atoms with Gasteiger partial charge in [0.15, 0.2) is 0 Å². The molecule has 0 radical (unpaired) electrons. The van der Waals surface area contributed by atoms with Crippen molar-refractivity contribution in [3.05, 3.63) is 84.7 Å². The molecule has 0 aromatic heterocycles. The van der Waals surface area contributed by atoms with Crippen molar-refractivity contribution >= 4 is 104 Å². The van der Waals surface area contributed by atoms with Gasteiger partial charge in [-0.2, -0.15) is 0 Å². The SMILES string of the molecule is CCCC(=O)Nc1ccc(Cl)cc1Cl.CCCC(=O)O.NCC(=O)Nc1ccc(Cl)cc1Cl.Nc1ccc(Cl)cc1Cl. The van der Waals surface area contributed by atoms with Crippen molar-refractivity contribution in [2.45, 2.75) is 39.5 Å². The Balaban J connectivity index is 0.000000558. The quantitative estimate of drug-likeness (QED) is 0.155. The lowest BCUT2D eigenvalue weighted by Gasteiger charge is -2.06. The lowest BCUT2D eigenvalue weighted by molar-refractivity contribution is -0.137. The first-order chi connectivity index (χ1) is 19.7. The zero-order chi connectivity index (χ0) is 32.2. The van der Waals surface area contributed by atoms with Crippen LogP contribution in [-0.4, -0.2) is 29.4 Å². The van der Waals surface area contributed by atoms with E-state index in [1.165, 1.54) is 0 Å². The number of rotatable bonds is 7. The van der Waals surface area contributed by atoms with E-state index in [2.05, 4.69) is 10.6 Å². The molecule has 3 rings (SSSR count). The van der Waals surface area contributed by atoms with Gasteiger partial charge in [-0.15, -0.1) is 0 Å². The van der Waals surface area contributed by atoms with Gasteiger partial charge in [0.05, 0.1) is 38.7 Å². The van der Waals surface area contributed by atoms with E-state index in [0.717, 1.165) is 12.8 Å². The van der Waals surface area contributed by atoms with Gasteiger partial charge in [0.2, 0.25) is 11.8 Å². The molecule has 0 saturated carbocycles. The second-order valence-electron chi connectivity index (χ2n) is 8.11. The normalized spacial score (nSPS) is 9.55. The van der Waals surface area contributed by atoms with Gasteiger partial charge in [0.1, 0.15) is 0 Å². The molecule has 8 nitrogen and oxygen atoms in total. The van der Waals surface area contributed by atoms with Crippen molar-refractivity contribution in [2.24, 2.45) is 5.73 Å².